The van der Waals surface area contributed by atoms with Crippen LogP contribution in [0.25, 0.3) is 0 Å². The zero-order chi connectivity index (χ0) is 15.0. The molecular weight excluding hydrogens is 256 g/mol. The molecule has 2 aliphatic carbocycles. The fourth-order valence-electron chi connectivity index (χ4n) is 4.74. The number of fused-ring (bicyclic) bond motifs is 1. The summed E-state index contributed by atoms with van der Waals surface area (Å²) in [7, 11) is 4.46. The van der Waals surface area contributed by atoms with E-state index >= 15 is 0 Å². The first-order valence-corrected chi connectivity index (χ1v) is 8.54. The minimum Gasteiger partial charge on any atom is -0.326 e. The monoisotopic (exact) mass is 286 g/mol. The van der Waals surface area contributed by atoms with Crippen LogP contribution >= 0.6 is 0 Å². The predicted molar refractivity (Wildman–Crippen MR) is 89.5 cm³/mol. The van der Waals surface area contributed by atoms with Crippen molar-refractivity contribution in [2.45, 2.75) is 62.9 Å². The molecule has 116 valence electrons. The molecule has 2 heteroatoms. The smallest absolute Gasteiger partial charge is 0.0357 e. The number of benzene rings is 1. The van der Waals surface area contributed by atoms with Gasteiger partial charge >= 0.3 is 0 Å². The molecule has 1 aromatic rings. The number of nitrogens with zero attached hydrogens (tertiary/aromatic N) is 1. The molecule has 0 saturated heterocycles. The van der Waals surface area contributed by atoms with Crippen molar-refractivity contribution in [2.75, 3.05) is 14.1 Å². The summed E-state index contributed by atoms with van der Waals surface area (Å²) in [6.45, 7) is 2.39. The molecule has 2 N–H and O–H groups in total. The number of likely N-dealkylation sites (N-methyl/N-ethyl adjacent to an activating group) is 1. The zero-order valence-corrected chi connectivity index (χ0v) is 13.8. The zero-order valence-electron chi connectivity index (χ0n) is 13.8. The van der Waals surface area contributed by atoms with Crippen molar-refractivity contribution in [1.82, 2.24) is 4.90 Å². The molecule has 0 aromatic heterocycles. The Bertz CT molecular complexity index is 496. The number of hydrogen-bond acceptors (Lipinski definition) is 2. The Morgan fingerprint density at radius 3 is 2.76 bits per heavy atom. The van der Waals surface area contributed by atoms with Gasteiger partial charge in [0.25, 0.3) is 0 Å². The van der Waals surface area contributed by atoms with Gasteiger partial charge in [-0.2, -0.15) is 0 Å². The number of rotatable bonds is 4. The summed E-state index contributed by atoms with van der Waals surface area (Å²) in [4.78, 5) is 2.43. The molecule has 2 aliphatic rings. The maximum atomic E-state index is 6.77. The van der Waals surface area contributed by atoms with Crippen LogP contribution < -0.4 is 5.73 Å². The van der Waals surface area contributed by atoms with Crippen LogP contribution in [-0.2, 0) is 6.42 Å². The summed E-state index contributed by atoms with van der Waals surface area (Å²) in [6.07, 6.45) is 7.59. The minimum atomic E-state index is 0.211. The Labute approximate surface area is 129 Å². The summed E-state index contributed by atoms with van der Waals surface area (Å²) in [5, 5.41) is 0. The lowest BCUT2D eigenvalue weighted by Gasteiger charge is -2.50. The van der Waals surface area contributed by atoms with Crippen LogP contribution in [0.3, 0.4) is 0 Å². The molecular formula is C19H30N2. The molecule has 0 bridgehead atoms. The highest BCUT2D eigenvalue weighted by atomic mass is 15.2. The van der Waals surface area contributed by atoms with Crippen LogP contribution in [0.5, 0.6) is 0 Å². The van der Waals surface area contributed by atoms with Gasteiger partial charge in [0.15, 0.2) is 0 Å². The minimum absolute atomic E-state index is 0.211. The number of hydrogen-bond donors (Lipinski definition) is 1. The second-order valence-electron chi connectivity index (χ2n) is 7.64. The largest absolute Gasteiger partial charge is 0.326 e. The van der Waals surface area contributed by atoms with E-state index in [9.17, 15) is 0 Å². The van der Waals surface area contributed by atoms with Crippen molar-refractivity contribution < 1.29 is 0 Å². The summed E-state index contributed by atoms with van der Waals surface area (Å²) < 4.78 is 0. The average Bonchev–Trinajstić information content (AvgIpc) is 2.44. The van der Waals surface area contributed by atoms with Crippen molar-refractivity contribution in [3.8, 4) is 0 Å². The van der Waals surface area contributed by atoms with Crippen LogP contribution in [0.1, 0.15) is 56.1 Å². The Morgan fingerprint density at radius 1 is 1.33 bits per heavy atom. The van der Waals surface area contributed by atoms with E-state index < -0.39 is 0 Å². The van der Waals surface area contributed by atoms with Crippen molar-refractivity contribution in [1.29, 1.82) is 0 Å². The number of nitrogens with two attached hydrogens (primary N) is 1. The Kier molecular flexibility index (Phi) is 4.11. The molecule has 1 aromatic carbocycles. The van der Waals surface area contributed by atoms with Gasteiger partial charge in [-0.15, -0.1) is 0 Å². The fourth-order valence-corrected chi connectivity index (χ4v) is 4.74. The maximum absolute atomic E-state index is 6.77. The molecule has 0 radical (unpaired) electrons. The first-order chi connectivity index (χ1) is 10.0. The van der Waals surface area contributed by atoms with Gasteiger partial charge in [0.05, 0.1) is 0 Å². The second-order valence-corrected chi connectivity index (χ2v) is 7.64. The van der Waals surface area contributed by atoms with E-state index in [1.54, 1.807) is 5.56 Å². The molecule has 1 fully saturated rings. The van der Waals surface area contributed by atoms with Crippen molar-refractivity contribution in [3.63, 3.8) is 0 Å². The summed E-state index contributed by atoms with van der Waals surface area (Å²) in [5.41, 5.74) is 10.1. The van der Waals surface area contributed by atoms with Gasteiger partial charge in [-0.05, 0) is 62.7 Å². The van der Waals surface area contributed by atoms with Gasteiger partial charge in [-0.1, -0.05) is 44.0 Å². The quantitative estimate of drug-likeness (QED) is 0.917. The first kappa shape index (κ1) is 15.1. The summed E-state index contributed by atoms with van der Waals surface area (Å²) >= 11 is 0. The van der Waals surface area contributed by atoms with Crippen LogP contribution in [-0.4, -0.2) is 30.6 Å². The van der Waals surface area contributed by atoms with Gasteiger partial charge in [-0.3, -0.25) is 0 Å². The second kappa shape index (κ2) is 5.73. The van der Waals surface area contributed by atoms with E-state index in [1.807, 2.05) is 0 Å². The van der Waals surface area contributed by atoms with Crippen LogP contribution in [0.15, 0.2) is 24.3 Å². The summed E-state index contributed by atoms with van der Waals surface area (Å²) in [5.74, 6) is 1.49. The third kappa shape index (κ3) is 2.64. The van der Waals surface area contributed by atoms with Crippen molar-refractivity contribution >= 4 is 0 Å². The van der Waals surface area contributed by atoms with E-state index in [2.05, 4.69) is 50.2 Å². The third-order valence-electron chi connectivity index (χ3n) is 6.09. The molecule has 2 nitrogen and oxygen atoms in total. The molecule has 0 heterocycles. The van der Waals surface area contributed by atoms with E-state index in [-0.39, 0.29) is 11.6 Å². The van der Waals surface area contributed by atoms with Crippen LogP contribution in [0.4, 0.5) is 0 Å². The van der Waals surface area contributed by atoms with E-state index in [1.165, 1.54) is 37.7 Å². The fraction of sp³-hybridized carbons (Fsp3) is 0.684. The van der Waals surface area contributed by atoms with Crippen molar-refractivity contribution in [2.24, 2.45) is 11.7 Å². The van der Waals surface area contributed by atoms with E-state index in [0.717, 1.165) is 12.3 Å². The van der Waals surface area contributed by atoms with Gasteiger partial charge in [0, 0.05) is 11.6 Å². The Balaban J connectivity index is 1.73. The topological polar surface area (TPSA) is 29.3 Å². The van der Waals surface area contributed by atoms with Crippen LogP contribution in [0.2, 0.25) is 0 Å². The highest BCUT2D eigenvalue weighted by molar-refractivity contribution is 5.40. The first-order valence-electron chi connectivity index (χ1n) is 8.54. The lowest BCUT2D eigenvalue weighted by Crippen LogP contribution is -2.60. The molecule has 21 heavy (non-hydrogen) atoms. The van der Waals surface area contributed by atoms with E-state index in [0.29, 0.717) is 5.92 Å². The average molecular weight is 286 g/mol. The molecule has 3 rings (SSSR count). The standard InChI is InChI=1S/C19H30N2/c1-14-7-6-10-19(13-14,21(2)3)18(20)12-16-11-15-8-4-5-9-17(15)16/h4-5,8-9,14,16,18H,6-7,10-13,20H2,1-3H3. The van der Waals surface area contributed by atoms with Crippen LogP contribution in [0, 0.1) is 5.92 Å². The van der Waals surface area contributed by atoms with Crippen molar-refractivity contribution in [3.05, 3.63) is 35.4 Å². The Morgan fingerprint density at radius 2 is 2.10 bits per heavy atom. The molecule has 4 unspecified atom stereocenters. The summed E-state index contributed by atoms with van der Waals surface area (Å²) in [6, 6.07) is 9.16. The molecule has 4 atom stereocenters. The molecule has 1 saturated carbocycles. The third-order valence-corrected chi connectivity index (χ3v) is 6.09. The lowest BCUT2D eigenvalue weighted by atomic mass is 9.66. The van der Waals surface area contributed by atoms with Gasteiger partial charge in [0.2, 0.25) is 0 Å². The van der Waals surface area contributed by atoms with Gasteiger partial charge < -0.3 is 10.6 Å². The molecule has 0 amide bonds. The Hall–Kier alpha value is -0.860. The maximum Gasteiger partial charge on any atom is 0.0357 e. The normalized spacial score (nSPS) is 33.4. The van der Waals surface area contributed by atoms with Gasteiger partial charge in [0.1, 0.15) is 0 Å². The lowest BCUT2D eigenvalue weighted by molar-refractivity contribution is 0.0446. The highest BCUT2D eigenvalue weighted by Gasteiger charge is 2.43. The molecule has 0 aliphatic heterocycles. The predicted octanol–water partition coefficient (Wildman–Crippen LogP) is 3.55. The molecule has 0 spiro atoms. The SMILES string of the molecule is CC1CCCC(C(N)CC2Cc3ccccc32)(N(C)C)C1. The highest BCUT2D eigenvalue weighted by Crippen LogP contribution is 2.43. The van der Waals surface area contributed by atoms with Gasteiger partial charge in [-0.25, -0.2) is 0 Å². The van der Waals surface area contributed by atoms with E-state index in [4.69, 9.17) is 5.73 Å².